The van der Waals surface area contributed by atoms with Gasteiger partial charge in [0.1, 0.15) is 12.1 Å². The number of anilines is 1. The molecule has 0 unspecified atom stereocenters. The number of halogens is 1. The lowest BCUT2D eigenvalue weighted by Crippen LogP contribution is -2.07. The first-order valence-corrected chi connectivity index (χ1v) is 7.89. The molecule has 1 heterocycles. The molecule has 20 heavy (non-hydrogen) atoms. The van der Waals surface area contributed by atoms with Gasteiger partial charge in [-0.1, -0.05) is 48.3 Å². The normalized spacial score (nSPS) is 10.6. The molecule has 2 aromatic rings. The van der Waals surface area contributed by atoms with Crippen LogP contribution in [0, 0.1) is 0 Å². The van der Waals surface area contributed by atoms with Crippen LogP contribution in [-0.2, 0) is 6.42 Å². The summed E-state index contributed by atoms with van der Waals surface area (Å²) < 4.78 is 1.07. The first-order chi connectivity index (χ1) is 9.76. The van der Waals surface area contributed by atoms with Gasteiger partial charge in [0.2, 0.25) is 0 Å². The summed E-state index contributed by atoms with van der Waals surface area (Å²) in [4.78, 5) is 8.91. The van der Waals surface area contributed by atoms with Crippen LogP contribution in [0.1, 0.15) is 32.3 Å². The Morgan fingerprint density at radius 1 is 1.15 bits per heavy atom. The molecule has 1 N–H and O–H groups in total. The lowest BCUT2D eigenvalue weighted by atomic mass is 10.0. The summed E-state index contributed by atoms with van der Waals surface area (Å²) in [6.07, 6.45) is 4.79. The molecule has 0 radical (unpaired) electrons. The Morgan fingerprint density at radius 2 is 2.00 bits per heavy atom. The second kappa shape index (κ2) is 7.39. The highest BCUT2D eigenvalue weighted by molar-refractivity contribution is 9.10. The Labute approximate surface area is 129 Å². The van der Waals surface area contributed by atoms with Crippen LogP contribution in [0.4, 0.5) is 5.82 Å². The summed E-state index contributed by atoms with van der Waals surface area (Å²) >= 11 is 3.52. The van der Waals surface area contributed by atoms with Gasteiger partial charge in [-0.25, -0.2) is 9.97 Å². The lowest BCUT2D eigenvalue weighted by molar-refractivity contribution is 0.892. The first-order valence-electron chi connectivity index (χ1n) is 7.10. The van der Waals surface area contributed by atoms with E-state index in [1.165, 1.54) is 5.56 Å². The molecule has 4 heteroatoms. The van der Waals surface area contributed by atoms with Crippen molar-refractivity contribution < 1.29 is 0 Å². The van der Waals surface area contributed by atoms with Gasteiger partial charge in [0.15, 0.2) is 0 Å². The SMILES string of the molecule is CCCNc1ncnc(-c2cccc(Br)c2)c1CCC. The van der Waals surface area contributed by atoms with E-state index in [0.29, 0.717) is 0 Å². The van der Waals surface area contributed by atoms with Gasteiger partial charge in [0.05, 0.1) is 5.69 Å². The van der Waals surface area contributed by atoms with Crippen LogP contribution >= 0.6 is 15.9 Å². The smallest absolute Gasteiger partial charge is 0.133 e. The van der Waals surface area contributed by atoms with Gasteiger partial charge in [-0.15, -0.1) is 0 Å². The molecule has 3 nitrogen and oxygen atoms in total. The highest BCUT2D eigenvalue weighted by Crippen LogP contribution is 2.28. The number of hydrogen-bond acceptors (Lipinski definition) is 3. The van der Waals surface area contributed by atoms with Crippen molar-refractivity contribution in [2.24, 2.45) is 0 Å². The minimum absolute atomic E-state index is 0.936. The van der Waals surface area contributed by atoms with Gasteiger partial charge in [-0.2, -0.15) is 0 Å². The minimum atomic E-state index is 0.936. The van der Waals surface area contributed by atoms with Crippen molar-refractivity contribution >= 4 is 21.7 Å². The van der Waals surface area contributed by atoms with Crippen LogP contribution in [0.25, 0.3) is 11.3 Å². The van der Waals surface area contributed by atoms with Crippen molar-refractivity contribution in [3.8, 4) is 11.3 Å². The number of aromatic nitrogens is 2. The predicted molar refractivity (Wildman–Crippen MR) is 87.9 cm³/mol. The molecule has 0 spiro atoms. The van der Waals surface area contributed by atoms with E-state index in [0.717, 1.165) is 47.4 Å². The van der Waals surface area contributed by atoms with Crippen LogP contribution in [0.15, 0.2) is 35.1 Å². The molecule has 106 valence electrons. The van der Waals surface area contributed by atoms with Gasteiger partial charge < -0.3 is 5.32 Å². The molecule has 0 saturated carbocycles. The van der Waals surface area contributed by atoms with E-state index in [4.69, 9.17) is 0 Å². The van der Waals surface area contributed by atoms with E-state index in [1.807, 2.05) is 12.1 Å². The number of hydrogen-bond donors (Lipinski definition) is 1. The highest BCUT2D eigenvalue weighted by Gasteiger charge is 2.12. The summed E-state index contributed by atoms with van der Waals surface area (Å²) in [5, 5.41) is 3.41. The molecule has 0 aliphatic heterocycles. The zero-order chi connectivity index (χ0) is 14.4. The molecule has 1 aromatic carbocycles. The first kappa shape index (κ1) is 15.0. The third kappa shape index (κ3) is 3.57. The second-order valence-corrected chi connectivity index (χ2v) is 5.65. The van der Waals surface area contributed by atoms with Gasteiger partial charge in [0.25, 0.3) is 0 Å². The Bertz CT molecular complexity index is 569. The summed E-state index contributed by atoms with van der Waals surface area (Å²) in [6.45, 7) is 5.27. The van der Waals surface area contributed by atoms with Gasteiger partial charge in [0, 0.05) is 22.1 Å². The summed E-state index contributed by atoms with van der Waals surface area (Å²) in [6, 6.07) is 8.26. The minimum Gasteiger partial charge on any atom is -0.370 e. The van der Waals surface area contributed by atoms with E-state index < -0.39 is 0 Å². The van der Waals surface area contributed by atoms with E-state index in [9.17, 15) is 0 Å². The van der Waals surface area contributed by atoms with Crippen LogP contribution in [0.5, 0.6) is 0 Å². The fraction of sp³-hybridized carbons (Fsp3) is 0.375. The standard InChI is InChI=1S/C16H20BrN3/c1-3-6-14-15(12-7-5-8-13(17)10-12)19-11-20-16(14)18-9-4-2/h5,7-8,10-11H,3-4,6,9H2,1-2H3,(H,18,19,20). The van der Waals surface area contributed by atoms with E-state index in [-0.39, 0.29) is 0 Å². The van der Waals surface area contributed by atoms with Crippen molar-refractivity contribution in [2.45, 2.75) is 33.1 Å². The fourth-order valence-corrected chi connectivity index (χ4v) is 2.58. The van der Waals surface area contributed by atoms with Crippen molar-refractivity contribution in [2.75, 3.05) is 11.9 Å². The monoisotopic (exact) mass is 333 g/mol. The summed E-state index contributed by atoms with van der Waals surface area (Å²) in [7, 11) is 0. The van der Waals surface area contributed by atoms with Gasteiger partial charge in [-0.3, -0.25) is 0 Å². The zero-order valence-electron chi connectivity index (χ0n) is 12.0. The number of rotatable bonds is 6. The molecule has 0 aliphatic rings. The lowest BCUT2D eigenvalue weighted by Gasteiger charge is -2.14. The van der Waals surface area contributed by atoms with Crippen molar-refractivity contribution in [3.63, 3.8) is 0 Å². The Balaban J connectivity index is 2.45. The Morgan fingerprint density at radius 3 is 2.70 bits per heavy atom. The average Bonchev–Trinajstić information content (AvgIpc) is 2.46. The number of benzene rings is 1. The Kier molecular flexibility index (Phi) is 5.53. The maximum Gasteiger partial charge on any atom is 0.133 e. The second-order valence-electron chi connectivity index (χ2n) is 4.74. The van der Waals surface area contributed by atoms with Crippen LogP contribution in [-0.4, -0.2) is 16.5 Å². The molecule has 0 amide bonds. The van der Waals surface area contributed by atoms with E-state index >= 15 is 0 Å². The van der Waals surface area contributed by atoms with Crippen molar-refractivity contribution in [1.29, 1.82) is 0 Å². The largest absolute Gasteiger partial charge is 0.370 e. The zero-order valence-corrected chi connectivity index (χ0v) is 13.6. The molecule has 0 bridgehead atoms. The topological polar surface area (TPSA) is 37.8 Å². The van der Waals surface area contributed by atoms with Crippen LogP contribution in [0.2, 0.25) is 0 Å². The maximum absolute atomic E-state index is 4.51. The summed E-state index contributed by atoms with van der Waals surface area (Å²) in [5.41, 5.74) is 3.37. The third-order valence-electron chi connectivity index (χ3n) is 3.09. The average molecular weight is 334 g/mol. The highest BCUT2D eigenvalue weighted by atomic mass is 79.9. The maximum atomic E-state index is 4.51. The van der Waals surface area contributed by atoms with E-state index in [1.54, 1.807) is 6.33 Å². The molecule has 0 atom stereocenters. The van der Waals surface area contributed by atoms with Gasteiger partial charge in [-0.05, 0) is 25.0 Å². The molecule has 0 fully saturated rings. The predicted octanol–water partition coefficient (Wildman–Crippen LogP) is 4.68. The molecular formula is C16H20BrN3. The molecule has 2 rings (SSSR count). The molecule has 1 aromatic heterocycles. The molecular weight excluding hydrogens is 314 g/mol. The third-order valence-corrected chi connectivity index (χ3v) is 3.58. The molecule has 0 saturated heterocycles. The van der Waals surface area contributed by atoms with Crippen LogP contribution in [0.3, 0.4) is 0 Å². The fourth-order valence-electron chi connectivity index (χ4n) is 2.18. The number of nitrogens with zero attached hydrogens (tertiary/aromatic N) is 2. The summed E-state index contributed by atoms with van der Waals surface area (Å²) in [5.74, 6) is 0.971. The Hall–Kier alpha value is -1.42. The quantitative estimate of drug-likeness (QED) is 0.833. The van der Waals surface area contributed by atoms with Crippen LogP contribution < -0.4 is 5.32 Å². The van der Waals surface area contributed by atoms with Crippen molar-refractivity contribution in [3.05, 3.63) is 40.6 Å². The number of nitrogens with one attached hydrogen (secondary N) is 1. The van der Waals surface area contributed by atoms with Gasteiger partial charge >= 0.3 is 0 Å². The van der Waals surface area contributed by atoms with Crippen molar-refractivity contribution in [1.82, 2.24) is 9.97 Å². The van der Waals surface area contributed by atoms with E-state index in [2.05, 4.69) is 57.2 Å². The molecule has 0 aliphatic carbocycles.